The molecule has 0 amide bonds. The van der Waals surface area contributed by atoms with Gasteiger partial charge in [0.2, 0.25) is 0 Å². The normalized spacial score (nSPS) is 21.4. The molecule has 1 unspecified atom stereocenters. The van der Waals surface area contributed by atoms with E-state index < -0.39 is 0 Å². The summed E-state index contributed by atoms with van der Waals surface area (Å²) in [5, 5.41) is 9.06. The molecule has 2 rings (SSSR count). The standard InChI is InChI=1S/C15H25N3O/c1-2-14(16)15-6-5-13(10-17-15)18-8-3-4-12(11-18)7-9-19/h5-6,10,12,14,19H,2-4,7-9,11,16H2,1H3/t12?,14-/m0/s1. The number of nitrogens with two attached hydrogens (primary N) is 1. The Morgan fingerprint density at radius 2 is 2.37 bits per heavy atom. The molecule has 19 heavy (non-hydrogen) atoms. The highest BCUT2D eigenvalue weighted by molar-refractivity contribution is 5.45. The van der Waals surface area contributed by atoms with Crippen LogP contribution in [0.5, 0.6) is 0 Å². The van der Waals surface area contributed by atoms with E-state index in [4.69, 9.17) is 10.8 Å². The van der Waals surface area contributed by atoms with E-state index in [0.717, 1.165) is 31.6 Å². The molecular weight excluding hydrogens is 238 g/mol. The van der Waals surface area contributed by atoms with E-state index in [1.54, 1.807) is 0 Å². The van der Waals surface area contributed by atoms with Crippen LogP contribution in [-0.4, -0.2) is 29.8 Å². The maximum atomic E-state index is 9.06. The van der Waals surface area contributed by atoms with Gasteiger partial charge in [0, 0.05) is 25.7 Å². The number of anilines is 1. The number of piperidine rings is 1. The van der Waals surface area contributed by atoms with Crippen molar-refractivity contribution >= 4 is 5.69 Å². The van der Waals surface area contributed by atoms with Gasteiger partial charge in [0.25, 0.3) is 0 Å². The molecule has 0 spiro atoms. The first kappa shape index (κ1) is 14.3. The molecule has 2 heterocycles. The number of pyridine rings is 1. The molecule has 3 N–H and O–H groups in total. The second kappa shape index (κ2) is 6.87. The minimum atomic E-state index is 0.0394. The molecule has 1 aromatic heterocycles. The number of nitrogens with zero attached hydrogens (tertiary/aromatic N) is 2. The molecule has 0 aliphatic carbocycles. The van der Waals surface area contributed by atoms with E-state index >= 15 is 0 Å². The van der Waals surface area contributed by atoms with Gasteiger partial charge in [-0.2, -0.15) is 0 Å². The topological polar surface area (TPSA) is 62.4 Å². The number of rotatable bonds is 5. The lowest BCUT2D eigenvalue weighted by Crippen LogP contribution is -2.35. The van der Waals surface area contributed by atoms with Crippen molar-refractivity contribution in [3.63, 3.8) is 0 Å². The zero-order valence-electron chi connectivity index (χ0n) is 11.8. The molecule has 0 aromatic carbocycles. The number of aliphatic hydroxyl groups excluding tert-OH is 1. The predicted molar refractivity (Wildman–Crippen MR) is 78.1 cm³/mol. The summed E-state index contributed by atoms with van der Waals surface area (Å²) in [7, 11) is 0. The lowest BCUT2D eigenvalue weighted by Gasteiger charge is -2.34. The van der Waals surface area contributed by atoms with Crippen molar-refractivity contribution in [2.45, 2.75) is 38.6 Å². The van der Waals surface area contributed by atoms with Crippen LogP contribution in [0.3, 0.4) is 0 Å². The Hall–Kier alpha value is -1.13. The fourth-order valence-electron chi connectivity index (χ4n) is 2.73. The van der Waals surface area contributed by atoms with E-state index in [0.29, 0.717) is 12.5 Å². The maximum Gasteiger partial charge on any atom is 0.0572 e. The van der Waals surface area contributed by atoms with Gasteiger partial charge < -0.3 is 15.7 Å². The third-order valence-corrected chi connectivity index (χ3v) is 4.01. The van der Waals surface area contributed by atoms with E-state index in [1.165, 1.54) is 18.5 Å². The highest BCUT2D eigenvalue weighted by atomic mass is 16.3. The Morgan fingerprint density at radius 3 is 3.00 bits per heavy atom. The first-order valence-corrected chi connectivity index (χ1v) is 7.32. The monoisotopic (exact) mass is 263 g/mol. The van der Waals surface area contributed by atoms with Crippen molar-refractivity contribution in [2.75, 3.05) is 24.6 Å². The predicted octanol–water partition coefficient (Wildman–Crippen LogP) is 2.09. The van der Waals surface area contributed by atoms with Crippen LogP contribution >= 0.6 is 0 Å². The molecule has 0 saturated carbocycles. The van der Waals surface area contributed by atoms with E-state index in [2.05, 4.69) is 22.9 Å². The van der Waals surface area contributed by atoms with Gasteiger partial charge in [-0.15, -0.1) is 0 Å². The summed E-state index contributed by atoms with van der Waals surface area (Å²) in [5.74, 6) is 0.608. The van der Waals surface area contributed by atoms with Crippen molar-refractivity contribution in [1.29, 1.82) is 0 Å². The molecule has 106 valence electrons. The van der Waals surface area contributed by atoms with Crippen molar-refractivity contribution in [1.82, 2.24) is 4.98 Å². The minimum Gasteiger partial charge on any atom is -0.396 e. The molecule has 0 bridgehead atoms. The number of aromatic nitrogens is 1. The van der Waals surface area contributed by atoms with E-state index in [9.17, 15) is 0 Å². The van der Waals surface area contributed by atoms with E-state index in [1.807, 2.05) is 12.3 Å². The molecule has 1 saturated heterocycles. The molecule has 4 heteroatoms. The summed E-state index contributed by atoms with van der Waals surface area (Å²) < 4.78 is 0. The largest absolute Gasteiger partial charge is 0.396 e. The van der Waals surface area contributed by atoms with Crippen LogP contribution in [0.1, 0.15) is 44.3 Å². The highest BCUT2D eigenvalue weighted by Gasteiger charge is 2.20. The van der Waals surface area contributed by atoms with Crippen LogP contribution < -0.4 is 10.6 Å². The van der Waals surface area contributed by atoms with Crippen LogP contribution in [0.4, 0.5) is 5.69 Å². The number of hydrogen-bond acceptors (Lipinski definition) is 4. The Balaban J connectivity index is 2.01. The van der Waals surface area contributed by atoms with E-state index in [-0.39, 0.29) is 6.04 Å². The van der Waals surface area contributed by atoms with Crippen LogP contribution in [0.25, 0.3) is 0 Å². The first-order chi connectivity index (χ1) is 9.24. The van der Waals surface area contributed by atoms with Gasteiger partial charge >= 0.3 is 0 Å². The second-order valence-electron chi connectivity index (χ2n) is 5.42. The van der Waals surface area contributed by atoms with Crippen molar-refractivity contribution in [3.8, 4) is 0 Å². The fourth-order valence-corrected chi connectivity index (χ4v) is 2.73. The third kappa shape index (κ3) is 3.67. The number of hydrogen-bond donors (Lipinski definition) is 2. The first-order valence-electron chi connectivity index (χ1n) is 7.32. The zero-order valence-corrected chi connectivity index (χ0v) is 11.8. The lowest BCUT2D eigenvalue weighted by atomic mass is 9.95. The molecule has 1 aromatic rings. The third-order valence-electron chi connectivity index (χ3n) is 4.01. The minimum absolute atomic E-state index is 0.0394. The molecular formula is C15H25N3O. The fraction of sp³-hybridized carbons (Fsp3) is 0.667. The van der Waals surface area contributed by atoms with Gasteiger partial charge in [-0.25, -0.2) is 0 Å². The van der Waals surface area contributed by atoms with Crippen LogP contribution in [-0.2, 0) is 0 Å². The van der Waals surface area contributed by atoms with Gasteiger partial charge in [-0.05, 0) is 43.7 Å². The summed E-state index contributed by atoms with van der Waals surface area (Å²) in [6.45, 7) is 4.48. The quantitative estimate of drug-likeness (QED) is 0.854. The average Bonchev–Trinajstić information content (AvgIpc) is 2.47. The summed E-state index contributed by atoms with van der Waals surface area (Å²) >= 11 is 0. The van der Waals surface area contributed by atoms with Gasteiger partial charge in [0.1, 0.15) is 0 Å². The Kier molecular flexibility index (Phi) is 5.16. The van der Waals surface area contributed by atoms with Crippen molar-refractivity contribution in [3.05, 3.63) is 24.0 Å². The maximum absolute atomic E-state index is 9.06. The Bertz CT molecular complexity index is 377. The Morgan fingerprint density at radius 1 is 1.53 bits per heavy atom. The number of aliphatic hydroxyl groups is 1. The summed E-state index contributed by atoms with van der Waals surface area (Å²) in [4.78, 5) is 6.85. The van der Waals surface area contributed by atoms with Crippen LogP contribution in [0.2, 0.25) is 0 Å². The smallest absolute Gasteiger partial charge is 0.0572 e. The molecule has 4 nitrogen and oxygen atoms in total. The molecule has 1 fully saturated rings. The SMILES string of the molecule is CC[C@H](N)c1ccc(N2CCCC(CCO)C2)cn1. The molecule has 1 aliphatic heterocycles. The van der Waals surface area contributed by atoms with Gasteiger partial charge in [0.05, 0.1) is 17.6 Å². The molecule has 1 aliphatic rings. The van der Waals surface area contributed by atoms with Crippen molar-refractivity contribution in [2.24, 2.45) is 11.7 Å². The summed E-state index contributed by atoms with van der Waals surface area (Å²) in [5.41, 5.74) is 8.12. The summed E-state index contributed by atoms with van der Waals surface area (Å²) in [6.07, 6.45) is 6.17. The zero-order chi connectivity index (χ0) is 13.7. The highest BCUT2D eigenvalue weighted by Crippen LogP contribution is 2.25. The summed E-state index contributed by atoms with van der Waals surface area (Å²) in [6, 6.07) is 4.20. The molecule has 0 radical (unpaired) electrons. The van der Waals surface area contributed by atoms with Gasteiger partial charge in [0.15, 0.2) is 0 Å². The average molecular weight is 263 g/mol. The van der Waals surface area contributed by atoms with Crippen molar-refractivity contribution < 1.29 is 5.11 Å². The van der Waals surface area contributed by atoms with Crippen LogP contribution in [0.15, 0.2) is 18.3 Å². The second-order valence-corrected chi connectivity index (χ2v) is 5.42. The van der Waals surface area contributed by atoms with Crippen LogP contribution in [0, 0.1) is 5.92 Å². The van der Waals surface area contributed by atoms with Gasteiger partial charge in [-0.3, -0.25) is 4.98 Å². The lowest BCUT2D eigenvalue weighted by molar-refractivity contribution is 0.244. The Labute approximate surface area is 115 Å². The van der Waals surface area contributed by atoms with Gasteiger partial charge in [-0.1, -0.05) is 6.92 Å². The molecule has 2 atom stereocenters.